The summed E-state index contributed by atoms with van der Waals surface area (Å²) in [5.41, 5.74) is 4.69. The number of hydrogen-bond donors (Lipinski definition) is 1. The molecule has 0 fully saturated rings. The monoisotopic (exact) mass is 385 g/mol. The van der Waals surface area contributed by atoms with Gasteiger partial charge in [0.25, 0.3) is 0 Å². The third kappa shape index (κ3) is 2.53. The number of hydrogen-bond acceptors (Lipinski definition) is 6. The highest BCUT2D eigenvalue weighted by atomic mass is 16.5. The van der Waals surface area contributed by atoms with Crippen molar-refractivity contribution in [2.24, 2.45) is 0 Å². The highest BCUT2D eigenvalue weighted by Gasteiger charge is 2.40. The van der Waals surface area contributed by atoms with E-state index in [0.29, 0.717) is 36.6 Å². The number of aromatic hydroxyl groups is 1. The third-order valence-corrected chi connectivity index (χ3v) is 5.62. The molecule has 28 heavy (non-hydrogen) atoms. The number of carbonyl (C=O) groups is 1. The molecular formula is C21H23NO6. The first-order valence-corrected chi connectivity index (χ1v) is 9.06. The minimum absolute atomic E-state index is 0.0872. The largest absolute Gasteiger partial charge is 0.504 e. The molecule has 0 spiro atoms. The summed E-state index contributed by atoms with van der Waals surface area (Å²) in [6, 6.07) is 5.36. The number of rotatable bonds is 3. The Bertz CT molecular complexity index is 955. The van der Waals surface area contributed by atoms with E-state index in [2.05, 4.69) is 0 Å². The van der Waals surface area contributed by atoms with Crippen molar-refractivity contribution in [3.05, 3.63) is 34.9 Å². The zero-order valence-electron chi connectivity index (χ0n) is 16.4. The van der Waals surface area contributed by atoms with Gasteiger partial charge in [-0.25, -0.2) is 4.79 Å². The summed E-state index contributed by atoms with van der Waals surface area (Å²) in [6.07, 6.45) is 0.880. The molecule has 1 aliphatic heterocycles. The summed E-state index contributed by atoms with van der Waals surface area (Å²) in [5, 5.41) is 10.6. The maximum atomic E-state index is 12.4. The van der Waals surface area contributed by atoms with Crippen molar-refractivity contribution in [2.75, 3.05) is 35.0 Å². The first-order valence-electron chi connectivity index (χ1n) is 9.06. The smallest absolute Gasteiger partial charge is 0.410 e. The Balaban J connectivity index is 2.02. The number of phenolic OH excluding ortho intramolecular Hbond substituents is 1. The highest BCUT2D eigenvalue weighted by molar-refractivity contribution is 5.86. The molecule has 7 heteroatoms. The molecule has 148 valence electrons. The van der Waals surface area contributed by atoms with Crippen LogP contribution in [0.15, 0.2) is 18.2 Å². The zero-order valence-corrected chi connectivity index (χ0v) is 16.4. The fourth-order valence-electron chi connectivity index (χ4n) is 4.41. The Labute approximate surface area is 163 Å². The predicted molar refractivity (Wildman–Crippen MR) is 102 cm³/mol. The average molecular weight is 385 g/mol. The summed E-state index contributed by atoms with van der Waals surface area (Å²) in [4.78, 5) is 14.2. The van der Waals surface area contributed by atoms with Gasteiger partial charge < -0.3 is 29.0 Å². The van der Waals surface area contributed by atoms with Gasteiger partial charge in [0, 0.05) is 12.1 Å². The Morgan fingerprint density at radius 3 is 2.39 bits per heavy atom. The number of fused-ring (bicyclic) bond motifs is 2. The molecule has 1 amide bonds. The number of carbonyl (C=O) groups excluding carboxylic acids is 1. The molecule has 1 N–H and O–H groups in total. The molecule has 0 bridgehead atoms. The quantitative estimate of drug-likeness (QED) is 0.874. The van der Waals surface area contributed by atoms with E-state index in [9.17, 15) is 9.90 Å². The van der Waals surface area contributed by atoms with Gasteiger partial charge in [-0.15, -0.1) is 0 Å². The minimum atomic E-state index is -0.363. The van der Waals surface area contributed by atoms with Crippen molar-refractivity contribution in [1.82, 2.24) is 4.90 Å². The lowest BCUT2D eigenvalue weighted by Gasteiger charge is -2.41. The maximum absolute atomic E-state index is 12.4. The van der Waals surface area contributed by atoms with Crippen LogP contribution in [0.2, 0.25) is 0 Å². The van der Waals surface area contributed by atoms with Crippen molar-refractivity contribution in [2.45, 2.75) is 18.9 Å². The van der Waals surface area contributed by atoms with E-state index < -0.39 is 0 Å². The molecule has 0 radical (unpaired) electrons. The number of methoxy groups -OCH3 is 4. The van der Waals surface area contributed by atoms with Crippen molar-refractivity contribution in [1.29, 1.82) is 0 Å². The van der Waals surface area contributed by atoms with Crippen LogP contribution >= 0.6 is 0 Å². The second-order valence-corrected chi connectivity index (χ2v) is 6.87. The molecule has 7 nitrogen and oxygen atoms in total. The van der Waals surface area contributed by atoms with Gasteiger partial charge in [-0.1, -0.05) is 0 Å². The SMILES string of the molecule is COC(=O)N1CCc2cc(O)c(OC)c3c2C1Cc1cc(OC)c(OC)cc1-3. The Hall–Kier alpha value is -3.09. The first-order chi connectivity index (χ1) is 13.5. The lowest BCUT2D eigenvalue weighted by atomic mass is 9.76. The molecular weight excluding hydrogens is 362 g/mol. The fourth-order valence-corrected chi connectivity index (χ4v) is 4.41. The van der Waals surface area contributed by atoms with Gasteiger partial charge in [0.15, 0.2) is 23.0 Å². The van der Waals surface area contributed by atoms with Crippen LogP contribution in [0.5, 0.6) is 23.0 Å². The van der Waals surface area contributed by atoms with Crippen LogP contribution in [-0.2, 0) is 17.6 Å². The Morgan fingerprint density at radius 1 is 1.04 bits per heavy atom. The predicted octanol–water partition coefficient (Wildman–Crippen LogP) is 3.31. The van der Waals surface area contributed by atoms with Crippen molar-refractivity contribution < 1.29 is 28.8 Å². The van der Waals surface area contributed by atoms with E-state index in [1.54, 1.807) is 25.2 Å². The van der Waals surface area contributed by atoms with Gasteiger partial charge >= 0.3 is 6.09 Å². The summed E-state index contributed by atoms with van der Waals surface area (Å²) >= 11 is 0. The fraction of sp³-hybridized carbons (Fsp3) is 0.381. The number of benzene rings is 2. The van der Waals surface area contributed by atoms with E-state index in [1.807, 2.05) is 12.1 Å². The van der Waals surface area contributed by atoms with Crippen molar-refractivity contribution in [3.8, 4) is 34.1 Å². The van der Waals surface area contributed by atoms with E-state index in [1.165, 1.54) is 14.2 Å². The Morgan fingerprint density at radius 2 is 1.75 bits per heavy atom. The van der Waals surface area contributed by atoms with Gasteiger partial charge in [-0.3, -0.25) is 0 Å². The molecule has 1 unspecified atom stereocenters. The second-order valence-electron chi connectivity index (χ2n) is 6.87. The number of phenols is 1. The highest BCUT2D eigenvalue weighted by Crippen LogP contribution is 2.54. The summed E-state index contributed by atoms with van der Waals surface area (Å²) < 4.78 is 21.5. The van der Waals surface area contributed by atoms with Crippen LogP contribution in [-0.4, -0.2) is 51.1 Å². The van der Waals surface area contributed by atoms with Crippen LogP contribution in [0.1, 0.15) is 22.7 Å². The van der Waals surface area contributed by atoms with Crippen molar-refractivity contribution >= 4 is 6.09 Å². The van der Waals surface area contributed by atoms with Gasteiger partial charge in [0.05, 0.1) is 34.5 Å². The topological polar surface area (TPSA) is 77.5 Å². The second kappa shape index (κ2) is 6.82. The van der Waals surface area contributed by atoms with Gasteiger partial charge in [-0.05, 0) is 53.3 Å². The van der Waals surface area contributed by atoms with Crippen molar-refractivity contribution in [3.63, 3.8) is 0 Å². The molecule has 2 aromatic carbocycles. The number of nitrogens with zero attached hydrogens (tertiary/aromatic N) is 1. The lowest BCUT2D eigenvalue weighted by molar-refractivity contribution is 0.100. The standard InChI is InChI=1S/C21H23NO6/c1-25-16-9-12-7-14-18-11(5-6-22(14)21(24)28-4)8-15(23)20(27-3)19(18)13(12)10-17(16)26-2/h8-10,14,23H,5-7H2,1-4H3. The molecule has 1 aliphatic carbocycles. The molecule has 2 aliphatic rings. The normalized spacial score (nSPS) is 16.7. The molecule has 0 saturated heterocycles. The average Bonchev–Trinajstić information content (AvgIpc) is 2.72. The van der Waals surface area contributed by atoms with Gasteiger partial charge in [0.1, 0.15) is 0 Å². The lowest BCUT2D eigenvalue weighted by Crippen LogP contribution is -2.42. The molecule has 1 heterocycles. The maximum Gasteiger partial charge on any atom is 0.410 e. The summed E-state index contributed by atoms with van der Waals surface area (Å²) in [6.45, 7) is 0.526. The molecule has 2 aromatic rings. The molecule has 0 saturated carbocycles. The van der Waals surface area contributed by atoms with Gasteiger partial charge in [0.2, 0.25) is 0 Å². The third-order valence-electron chi connectivity index (χ3n) is 5.62. The van der Waals surface area contributed by atoms with Crippen LogP contribution in [0.4, 0.5) is 4.79 Å². The number of amides is 1. The van der Waals surface area contributed by atoms with E-state index in [-0.39, 0.29) is 17.9 Å². The van der Waals surface area contributed by atoms with Crippen LogP contribution in [0.3, 0.4) is 0 Å². The van der Waals surface area contributed by atoms with Crippen LogP contribution in [0, 0.1) is 0 Å². The Kier molecular flexibility index (Phi) is 4.45. The van der Waals surface area contributed by atoms with E-state index in [0.717, 1.165) is 27.8 Å². The first kappa shape index (κ1) is 18.3. The summed E-state index contributed by atoms with van der Waals surface area (Å²) in [7, 11) is 6.10. The van der Waals surface area contributed by atoms with Crippen LogP contribution < -0.4 is 14.2 Å². The molecule has 0 aromatic heterocycles. The van der Waals surface area contributed by atoms with E-state index in [4.69, 9.17) is 18.9 Å². The molecule has 4 rings (SSSR count). The summed E-state index contributed by atoms with van der Waals surface area (Å²) in [5.74, 6) is 1.69. The number of ether oxygens (including phenoxy) is 4. The van der Waals surface area contributed by atoms with Gasteiger partial charge in [-0.2, -0.15) is 0 Å². The molecule has 1 atom stereocenters. The minimum Gasteiger partial charge on any atom is -0.504 e. The zero-order chi connectivity index (χ0) is 20.0. The van der Waals surface area contributed by atoms with Crippen LogP contribution in [0.25, 0.3) is 11.1 Å². The van der Waals surface area contributed by atoms with E-state index >= 15 is 0 Å².